The summed E-state index contributed by atoms with van der Waals surface area (Å²) in [5, 5.41) is 3.46. The van der Waals surface area contributed by atoms with Gasteiger partial charge < -0.3 is 10.1 Å². The molecule has 106 valence electrons. The first kappa shape index (κ1) is 15.3. The molecule has 0 unspecified atom stereocenters. The number of benzene rings is 2. The van der Waals surface area contributed by atoms with Gasteiger partial charge in [0.25, 0.3) is 0 Å². The van der Waals surface area contributed by atoms with Crippen molar-refractivity contribution in [3.63, 3.8) is 0 Å². The first-order valence-corrected chi connectivity index (χ1v) is 7.27. The first-order chi connectivity index (χ1) is 9.60. The Balaban J connectivity index is 2.14. The molecule has 0 aliphatic carbocycles. The quantitative estimate of drug-likeness (QED) is 0.847. The molecule has 0 saturated heterocycles. The second-order valence-electron chi connectivity index (χ2n) is 4.31. The van der Waals surface area contributed by atoms with Crippen molar-refractivity contribution in [3.05, 3.63) is 62.8 Å². The average molecular weight is 359 g/mol. The maximum atomic E-state index is 13.0. The number of ether oxygens (including phenoxy) is 1. The van der Waals surface area contributed by atoms with E-state index in [9.17, 15) is 4.39 Å². The number of hydrogen-bond donors (Lipinski definition) is 1. The smallest absolute Gasteiger partial charge is 0.124 e. The van der Waals surface area contributed by atoms with E-state index in [1.54, 1.807) is 6.07 Å². The van der Waals surface area contributed by atoms with E-state index in [2.05, 4.69) is 21.2 Å². The van der Waals surface area contributed by atoms with E-state index in [-0.39, 0.29) is 5.82 Å². The number of rotatable bonds is 5. The molecule has 20 heavy (non-hydrogen) atoms. The van der Waals surface area contributed by atoms with Crippen molar-refractivity contribution in [3.8, 4) is 5.75 Å². The molecular weight excluding hydrogens is 345 g/mol. The van der Waals surface area contributed by atoms with Crippen LogP contribution >= 0.6 is 27.5 Å². The average Bonchev–Trinajstić information content (AvgIpc) is 2.40. The van der Waals surface area contributed by atoms with Crippen LogP contribution in [0, 0.1) is 5.82 Å². The van der Waals surface area contributed by atoms with Gasteiger partial charge in [0.2, 0.25) is 0 Å². The molecular formula is C15H14BrClFNO. The molecule has 2 nitrogen and oxygen atoms in total. The maximum Gasteiger partial charge on any atom is 0.124 e. The lowest BCUT2D eigenvalue weighted by atomic mass is 10.2. The Morgan fingerprint density at radius 3 is 2.70 bits per heavy atom. The lowest BCUT2D eigenvalue weighted by molar-refractivity contribution is 0.302. The van der Waals surface area contributed by atoms with E-state index in [0.29, 0.717) is 18.2 Å². The van der Waals surface area contributed by atoms with Crippen molar-refractivity contribution in [2.75, 3.05) is 7.05 Å². The summed E-state index contributed by atoms with van der Waals surface area (Å²) in [6, 6.07) is 10.1. The summed E-state index contributed by atoms with van der Waals surface area (Å²) in [6.45, 7) is 1.00. The highest BCUT2D eigenvalue weighted by Gasteiger charge is 2.07. The summed E-state index contributed by atoms with van der Waals surface area (Å²) in [5.41, 5.74) is 1.80. The standard InChI is InChI=1S/C15H14BrClFNO/c1-19-8-11-6-12(16)3-5-15(11)20-9-10-2-4-13(18)7-14(10)17/h2-7,19H,8-9H2,1H3. The van der Waals surface area contributed by atoms with E-state index in [1.165, 1.54) is 12.1 Å². The van der Waals surface area contributed by atoms with E-state index < -0.39 is 0 Å². The zero-order chi connectivity index (χ0) is 14.5. The molecule has 0 aliphatic heterocycles. The molecule has 0 atom stereocenters. The maximum absolute atomic E-state index is 13.0. The molecule has 0 fully saturated rings. The molecule has 0 spiro atoms. The van der Waals surface area contributed by atoms with Gasteiger partial charge in [0.15, 0.2) is 0 Å². The van der Waals surface area contributed by atoms with E-state index in [4.69, 9.17) is 16.3 Å². The zero-order valence-electron chi connectivity index (χ0n) is 10.9. The van der Waals surface area contributed by atoms with Gasteiger partial charge in [0.1, 0.15) is 18.2 Å². The minimum atomic E-state index is -0.349. The number of nitrogens with one attached hydrogen (secondary N) is 1. The Kier molecular flexibility index (Phi) is 5.40. The Hall–Kier alpha value is -1.10. The van der Waals surface area contributed by atoms with Crippen LogP contribution in [0.5, 0.6) is 5.75 Å². The molecule has 2 rings (SSSR count). The van der Waals surface area contributed by atoms with Gasteiger partial charge in [-0.1, -0.05) is 33.6 Å². The fourth-order valence-corrected chi connectivity index (χ4v) is 2.44. The minimum Gasteiger partial charge on any atom is -0.489 e. The Bertz CT molecular complexity index is 606. The zero-order valence-corrected chi connectivity index (χ0v) is 13.3. The number of halogens is 3. The van der Waals surface area contributed by atoms with Crippen molar-refractivity contribution in [1.82, 2.24) is 5.32 Å². The van der Waals surface area contributed by atoms with Crippen LogP contribution in [0.3, 0.4) is 0 Å². The Morgan fingerprint density at radius 2 is 2.00 bits per heavy atom. The topological polar surface area (TPSA) is 21.3 Å². The normalized spacial score (nSPS) is 10.6. The molecule has 5 heteroatoms. The Labute approximate surface area is 131 Å². The predicted octanol–water partition coefficient (Wildman–Crippen LogP) is 4.54. The minimum absolute atomic E-state index is 0.303. The monoisotopic (exact) mass is 357 g/mol. The summed E-state index contributed by atoms with van der Waals surface area (Å²) in [5.74, 6) is 0.432. The molecule has 0 heterocycles. The van der Waals surface area contributed by atoms with Gasteiger partial charge in [0, 0.05) is 22.1 Å². The molecule has 0 saturated carbocycles. The highest BCUT2D eigenvalue weighted by atomic mass is 79.9. The summed E-state index contributed by atoms with van der Waals surface area (Å²) in [4.78, 5) is 0. The van der Waals surface area contributed by atoms with Gasteiger partial charge in [-0.3, -0.25) is 0 Å². The third-order valence-electron chi connectivity index (χ3n) is 2.79. The van der Waals surface area contributed by atoms with E-state index in [1.807, 2.05) is 25.2 Å². The third kappa shape index (κ3) is 3.95. The van der Waals surface area contributed by atoms with Crippen LogP contribution in [0.15, 0.2) is 40.9 Å². The van der Waals surface area contributed by atoms with E-state index >= 15 is 0 Å². The van der Waals surface area contributed by atoms with Crippen LogP contribution in [0.4, 0.5) is 4.39 Å². The van der Waals surface area contributed by atoms with Crippen LogP contribution < -0.4 is 10.1 Å². The van der Waals surface area contributed by atoms with Gasteiger partial charge in [-0.25, -0.2) is 4.39 Å². The Morgan fingerprint density at radius 1 is 1.20 bits per heavy atom. The van der Waals surface area contributed by atoms with Crippen molar-refractivity contribution in [1.29, 1.82) is 0 Å². The second-order valence-corrected chi connectivity index (χ2v) is 5.63. The SMILES string of the molecule is CNCc1cc(Br)ccc1OCc1ccc(F)cc1Cl. The van der Waals surface area contributed by atoms with Crippen LogP contribution in [0.1, 0.15) is 11.1 Å². The molecule has 2 aromatic carbocycles. The number of hydrogen-bond acceptors (Lipinski definition) is 2. The largest absolute Gasteiger partial charge is 0.489 e. The van der Waals surface area contributed by atoms with Crippen molar-refractivity contribution in [2.24, 2.45) is 0 Å². The van der Waals surface area contributed by atoms with Gasteiger partial charge in [-0.05, 0) is 37.4 Å². The highest BCUT2D eigenvalue weighted by molar-refractivity contribution is 9.10. The van der Waals surface area contributed by atoms with Crippen LogP contribution in [0.2, 0.25) is 5.02 Å². The fourth-order valence-electron chi connectivity index (χ4n) is 1.81. The molecule has 2 aromatic rings. The summed E-state index contributed by atoms with van der Waals surface area (Å²) >= 11 is 9.42. The first-order valence-electron chi connectivity index (χ1n) is 6.10. The molecule has 0 aromatic heterocycles. The lowest BCUT2D eigenvalue weighted by Crippen LogP contribution is -2.07. The summed E-state index contributed by atoms with van der Waals surface area (Å²) < 4.78 is 19.8. The third-order valence-corrected chi connectivity index (χ3v) is 3.63. The fraction of sp³-hybridized carbons (Fsp3) is 0.200. The van der Waals surface area contributed by atoms with Gasteiger partial charge in [-0.2, -0.15) is 0 Å². The van der Waals surface area contributed by atoms with Crippen molar-refractivity contribution < 1.29 is 9.13 Å². The highest BCUT2D eigenvalue weighted by Crippen LogP contribution is 2.25. The van der Waals surface area contributed by atoms with Crippen molar-refractivity contribution >= 4 is 27.5 Å². The predicted molar refractivity (Wildman–Crippen MR) is 82.6 cm³/mol. The molecule has 0 bridgehead atoms. The van der Waals surface area contributed by atoms with Gasteiger partial charge in [-0.15, -0.1) is 0 Å². The van der Waals surface area contributed by atoms with Gasteiger partial charge >= 0.3 is 0 Å². The van der Waals surface area contributed by atoms with Crippen molar-refractivity contribution in [2.45, 2.75) is 13.2 Å². The van der Waals surface area contributed by atoms with Crippen LogP contribution in [0.25, 0.3) is 0 Å². The summed E-state index contributed by atoms with van der Waals surface area (Å²) in [6.07, 6.45) is 0. The molecule has 0 amide bonds. The van der Waals surface area contributed by atoms with Crippen LogP contribution in [-0.4, -0.2) is 7.05 Å². The molecule has 0 radical (unpaired) electrons. The molecule has 0 aliphatic rings. The van der Waals surface area contributed by atoms with Crippen LogP contribution in [-0.2, 0) is 13.2 Å². The summed E-state index contributed by atoms with van der Waals surface area (Å²) in [7, 11) is 1.88. The van der Waals surface area contributed by atoms with E-state index in [0.717, 1.165) is 21.3 Å². The lowest BCUT2D eigenvalue weighted by Gasteiger charge is -2.12. The second kappa shape index (κ2) is 7.07. The van der Waals surface area contributed by atoms with Gasteiger partial charge in [0.05, 0.1) is 5.02 Å². The molecule has 1 N–H and O–H groups in total.